The van der Waals surface area contributed by atoms with Gasteiger partial charge in [-0.2, -0.15) is 0 Å². The molecule has 0 bridgehead atoms. The monoisotopic (exact) mass is 383 g/mol. The molecular weight excluding hydrogens is 361 g/mol. The van der Waals surface area contributed by atoms with Gasteiger partial charge in [0.1, 0.15) is 6.61 Å². The van der Waals surface area contributed by atoms with Crippen LogP contribution in [-0.4, -0.2) is 24.9 Å². The van der Waals surface area contributed by atoms with Crippen LogP contribution >= 0.6 is 23.2 Å². The molecule has 2 aromatic carbocycles. The molecule has 0 aliphatic carbocycles. The fourth-order valence-corrected chi connectivity index (χ4v) is 2.87. The SMILES string of the molecule is CC[C@@H](CO)NCc1ccc(OCc2c(Cl)cccc2Cl)c(OC)c1. The lowest BCUT2D eigenvalue weighted by atomic mass is 10.1. The van der Waals surface area contributed by atoms with Gasteiger partial charge in [0.2, 0.25) is 0 Å². The van der Waals surface area contributed by atoms with Gasteiger partial charge in [0.15, 0.2) is 11.5 Å². The molecule has 0 fully saturated rings. The zero-order chi connectivity index (χ0) is 18.2. The van der Waals surface area contributed by atoms with Crippen molar-refractivity contribution in [2.45, 2.75) is 32.5 Å². The predicted octanol–water partition coefficient (Wildman–Crippen LogP) is 4.44. The molecule has 136 valence electrons. The van der Waals surface area contributed by atoms with E-state index in [1.54, 1.807) is 25.3 Å². The first-order valence-corrected chi connectivity index (χ1v) is 8.91. The Morgan fingerprint density at radius 1 is 1.12 bits per heavy atom. The van der Waals surface area contributed by atoms with E-state index in [2.05, 4.69) is 5.32 Å². The van der Waals surface area contributed by atoms with Crippen molar-refractivity contribution < 1.29 is 14.6 Å². The molecule has 0 aliphatic rings. The highest BCUT2D eigenvalue weighted by molar-refractivity contribution is 6.35. The average Bonchev–Trinajstić information content (AvgIpc) is 2.62. The average molecular weight is 384 g/mol. The predicted molar refractivity (Wildman–Crippen MR) is 102 cm³/mol. The molecule has 2 aromatic rings. The second-order valence-corrected chi connectivity index (χ2v) is 6.46. The minimum atomic E-state index is 0.0873. The molecule has 2 rings (SSSR count). The summed E-state index contributed by atoms with van der Waals surface area (Å²) in [6.07, 6.45) is 0.868. The van der Waals surface area contributed by atoms with E-state index in [1.807, 2.05) is 25.1 Å². The minimum absolute atomic E-state index is 0.0873. The highest BCUT2D eigenvalue weighted by Gasteiger charge is 2.11. The molecule has 4 nitrogen and oxygen atoms in total. The number of aliphatic hydroxyl groups excluding tert-OH is 1. The third-order valence-electron chi connectivity index (χ3n) is 3.97. The number of hydrogen-bond acceptors (Lipinski definition) is 4. The van der Waals surface area contributed by atoms with Crippen LogP contribution in [0.4, 0.5) is 0 Å². The third kappa shape index (κ3) is 5.51. The lowest BCUT2D eigenvalue weighted by molar-refractivity contribution is 0.238. The van der Waals surface area contributed by atoms with Crippen LogP contribution in [0.3, 0.4) is 0 Å². The Labute approximate surface area is 158 Å². The van der Waals surface area contributed by atoms with Crippen LogP contribution in [0.1, 0.15) is 24.5 Å². The number of aliphatic hydroxyl groups is 1. The second-order valence-electron chi connectivity index (χ2n) is 5.64. The van der Waals surface area contributed by atoms with Gasteiger partial charge in [0, 0.05) is 28.2 Å². The van der Waals surface area contributed by atoms with E-state index in [-0.39, 0.29) is 19.3 Å². The maximum absolute atomic E-state index is 9.24. The van der Waals surface area contributed by atoms with Crippen molar-refractivity contribution in [3.8, 4) is 11.5 Å². The normalized spacial score (nSPS) is 12.0. The van der Waals surface area contributed by atoms with Gasteiger partial charge in [-0.05, 0) is 36.2 Å². The Morgan fingerprint density at radius 3 is 2.44 bits per heavy atom. The van der Waals surface area contributed by atoms with Crippen molar-refractivity contribution in [2.24, 2.45) is 0 Å². The molecule has 0 spiro atoms. The first kappa shape index (κ1) is 19.9. The zero-order valence-electron chi connectivity index (χ0n) is 14.4. The van der Waals surface area contributed by atoms with E-state index in [9.17, 15) is 5.11 Å². The molecule has 0 heterocycles. The maximum atomic E-state index is 9.24. The zero-order valence-corrected chi connectivity index (χ0v) is 15.9. The molecule has 1 atom stereocenters. The molecule has 2 N–H and O–H groups in total. The summed E-state index contributed by atoms with van der Waals surface area (Å²) in [6.45, 7) is 3.06. The summed E-state index contributed by atoms with van der Waals surface area (Å²) in [4.78, 5) is 0. The number of rotatable bonds is 9. The molecule has 0 saturated heterocycles. The Balaban J connectivity index is 2.06. The van der Waals surface area contributed by atoms with Crippen molar-refractivity contribution in [2.75, 3.05) is 13.7 Å². The number of nitrogens with one attached hydrogen (secondary N) is 1. The van der Waals surface area contributed by atoms with Crippen LogP contribution < -0.4 is 14.8 Å². The lowest BCUT2D eigenvalue weighted by Crippen LogP contribution is -2.31. The van der Waals surface area contributed by atoms with Gasteiger partial charge in [-0.1, -0.05) is 42.3 Å². The van der Waals surface area contributed by atoms with Gasteiger partial charge in [0.05, 0.1) is 13.7 Å². The van der Waals surface area contributed by atoms with Crippen molar-refractivity contribution in [3.05, 3.63) is 57.6 Å². The molecule has 0 aliphatic heterocycles. The van der Waals surface area contributed by atoms with Gasteiger partial charge < -0.3 is 19.9 Å². The smallest absolute Gasteiger partial charge is 0.161 e. The standard InChI is InChI=1S/C19H23Cl2NO3/c1-3-14(11-23)22-10-13-7-8-18(19(9-13)24-2)25-12-15-16(20)5-4-6-17(15)21/h4-9,14,22-23H,3,10-12H2,1-2H3/t14-/m0/s1. The first-order chi connectivity index (χ1) is 12.1. The van der Waals surface area contributed by atoms with Gasteiger partial charge in [-0.25, -0.2) is 0 Å². The first-order valence-electron chi connectivity index (χ1n) is 8.15. The summed E-state index contributed by atoms with van der Waals surface area (Å²) < 4.78 is 11.3. The van der Waals surface area contributed by atoms with Crippen molar-refractivity contribution in [3.63, 3.8) is 0 Å². The highest BCUT2D eigenvalue weighted by atomic mass is 35.5. The van der Waals surface area contributed by atoms with E-state index >= 15 is 0 Å². The van der Waals surface area contributed by atoms with E-state index in [1.165, 1.54) is 0 Å². The van der Waals surface area contributed by atoms with Gasteiger partial charge >= 0.3 is 0 Å². The van der Waals surface area contributed by atoms with Crippen molar-refractivity contribution in [1.29, 1.82) is 0 Å². The Bertz CT molecular complexity index is 670. The minimum Gasteiger partial charge on any atom is -0.493 e. The molecular formula is C19H23Cl2NO3. The fraction of sp³-hybridized carbons (Fsp3) is 0.368. The van der Waals surface area contributed by atoms with Crippen molar-refractivity contribution >= 4 is 23.2 Å². The Kier molecular flexibility index (Phi) is 7.85. The summed E-state index contributed by atoms with van der Waals surface area (Å²) >= 11 is 12.3. The Hall–Kier alpha value is -1.46. The number of ether oxygens (including phenoxy) is 2. The quantitative estimate of drug-likeness (QED) is 0.671. The molecule has 0 radical (unpaired) electrons. The molecule has 25 heavy (non-hydrogen) atoms. The third-order valence-corrected chi connectivity index (χ3v) is 4.68. The van der Waals surface area contributed by atoms with Gasteiger partial charge in [0.25, 0.3) is 0 Å². The Morgan fingerprint density at radius 2 is 1.84 bits per heavy atom. The lowest BCUT2D eigenvalue weighted by Gasteiger charge is -2.16. The van der Waals surface area contributed by atoms with E-state index in [0.717, 1.165) is 17.5 Å². The highest BCUT2D eigenvalue weighted by Crippen LogP contribution is 2.31. The van der Waals surface area contributed by atoms with E-state index in [4.69, 9.17) is 32.7 Å². The summed E-state index contributed by atoms with van der Waals surface area (Å²) in [5.41, 5.74) is 1.79. The molecule has 0 amide bonds. The van der Waals surface area contributed by atoms with Crippen LogP contribution in [0.15, 0.2) is 36.4 Å². The summed E-state index contributed by atoms with van der Waals surface area (Å²) in [5, 5.41) is 13.7. The number of halogens is 2. The summed E-state index contributed by atoms with van der Waals surface area (Å²) in [6, 6.07) is 11.2. The molecule has 0 aromatic heterocycles. The molecule has 0 saturated carbocycles. The number of benzene rings is 2. The maximum Gasteiger partial charge on any atom is 0.161 e. The second kappa shape index (κ2) is 9.88. The van der Waals surface area contributed by atoms with Crippen LogP contribution in [0.2, 0.25) is 10.0 Å². The van der Waals surface area contributed by atoms with E-state index in [0.29, 0.717) is 28.1 Å². The summed E-state index contributed by atoms with van der Waals surface area (Å²) in [7, 11) is 1.60. The van der Waals surface area contributed by atoms with Gasteiger partial charge in [-0.15, -0.1) is 0 Å². The fourth-order valence-electron chi connectivity index (χ4n) is 2.36. The summed E-state index contributed by atoms with van der Waals surface area (Å²) in [5.74, 6) is 1.26. The number of methoxy groups -OCH3 is 1. The molecule has 0 unspecified atom stereocenters. The van der Waals surface area contributed by atoms with Crippen LogP contribution in [-0.2, 0) is 13.2 Å². The molecule has 6 heteroatoms. The van der Waals surface area contributed by atoms with Crippen LogP contribution in [0, 0.1) is 0 Å². The van der Waals surface area contributed by atoms with Gasteiger partial charge in [-0.3, -0.25) is 0 Å². The van der Waals surface area contributed by atoms with Crippen molar-refractivity contribution in [1.82, 2.24) is 5.32 Å². The number of hydrogen-bond donors (Lipinski definition) is 2. The topological polar surface area (TPSA) is 50.7 Å². The van der Waals surface area contributed by atoms with E-state index < -0.39 is 0 Å². The van der Waals surface area contributed by atoms with Crippen LogP contribution in [0.25, 0.3) is 0 Å². The largest absolute Gasteiger partial charge is 0.493 e. The van der Waals surface area contributed by atoms with Crippen LogP contribution in [0.5, 0.6) is 11.5 Å².